The van der Waals surface area contributed by atoms with Crippen LogP contribution in [0.15, 0.2) is 29.2 Å². The van der Waals surface area contributed by atoms with Crippen LogP contribution in [-0.2, 0) is 14.8 Å². The van der Waals surface area contributed by atoms with Gasteiger partial charge in [-0.15, -0.1) is 0 Å². The van der Waals surface area contributed by atoms with Gasteiger partial charge >= 0.3 is 12.1 Å². The zero-order valence-electron chi connectivity index (χ0n) is 12.8. The second kappa shape index (κ2) is 7.00. The molecule has 138 valence electrons. The quantitative estimate of drug-likeness (QED) is 0.799. The number of amides is 1. The first kappa shape index (κ1) is 19.2. The second-order valence-electron chi connectivity index (χ2n) is 5.43. The minimum Gasteiger partial charge on any atom is -0.480 e. The maximum atomic E-state index is 12.5. The summed E-state index contributed by atoms with van der Waals surface area (Å²) in [5, 5.41) is 10.8. The second-order valence-corrected chi connectivity index (χ2v) is 7.32. The van der Waals surface area contributed by atoms with E-state index in [1.54, 1.807) is 5.32 Å². The van der Waals surface area contributed by atoms with Gasteiger partial charge in [0.15, 0.2) is 0 Å². The van der Waals surface area contributed by atoms with Crippen molar-refractivity contribution in [2.45, 2.75) is 30.0 Å². The minimum atomic E-state index is -4.56. The van der Waals surface area contributed by atoms with E-state index in [0.29, 0.717) is 6.42 Å². The molecule has 1 aliphatic rings. The molecule has 1 aromatic carbocycles. The van der Waals surface area contributed by atoms with Gasteiger partial charge in [0.05, 0.1) is 4.90 Å². The largest absolute Gasteiger partial charge is 0.480 e. The molecular weight excluding hydrogens is 365 g/mol. The highest BCUT2D eigenvalue weighted by atomic mass is 32.2. The van der Waals surface area contributed by atoms with E-state index in [9.17, 15) is 31.2 Å². The maximum absolute atomic E-state index is 12.5. The fourth-order valence-electron chi connectivity index (χ4n) is 2.47. The lowest BCUT2D eigenvalue weighted by molar-refractivity contribution is -0.140. The summed E-state index contributed by atoms with van der Waals surface area (Å²) in [6.07, 6.45) is -3.94. The summed E-state index contributed by atoms with van der Waals surface area (Å²) in [6, 6.07) is 3.12. The number of carboxylic acid groups (broad SMARTS) is 1. The summed E-state index contributed by atoms with van der Waals surface area (Å²) in [5.41, 5.74) is -0.139. The van der Waals surface area contributed by atoms with E-state index in [2.05, 4.69) is 0 Å². The number of carboxylic acids is 1. The van der Waals surface area contributed by atoms with Crippen LogP contribution < -0.4 is 5.32 Å². The molecule has 0 aliphatic carbocycles. The number of aliphatic carboxylic acids is 1. The Balaban J connectivity index is 2.16. The van der Waals surface area contributed by atoms with Gasteiger partial charge in [0.2, 0.25) is 10.0 Å². The first-order valence-corrected chi connectivity index (χ1v) is 8.66. The lowest BCUT2D eigenvalue weighted by Crippen LogP contribution is -2.40. The van der Waals surface area contributed by atoms with Crippen LogP contribution in [0.5, 0.6) is 0 Å². The highest BCUT2D eigenvalue weighted by Gasteiger charge is 2.39. The molecule has 1 fully saturated rings. The van der Waals surface area contributed by atoms with E-state index in [-0.39, 0.29) is 23.4 Å². The van der Waals surface area contributed by atoms with Crippen LogP contribution in [0.2, 0.25) is 0 Å². The molecule has 1 aromatic rings. The molecular formula is C14H15F3N2O5S. The highest BCUT2D eigenvalue weighted by molar-refractivity contribution is 7.89. The van der Waals surface area contributed by atoms with Gasteiger partial charge in [-0.2, -0.15) is 17.5 Å². The van der Waals surface area contributed by atoms with Crippen molar-refractivity contribution in [2.75, 3.05) is 13.1 Å². The van der Waals surface area contributed by atoms with Crippen molar-refractivity contribution in [2.24, 2.45) is 0 Å². The Morgan fingerprint density at radius 3 is 2.36 bits per heavy atom. The van der Waals surface area contributed by atoms with Gasteiger partial charge in [-0.05, 0) is 37.1 Å². The molecule has 0 aromatic heterocycles. The van der Waals surface area contributed by atoms with E-state index in [1.807, 2.05) is 0 Å². The monoisotopic (exact) mass is 380 g/mol. The van der Waals surface area contributed by atoms with Gasteiger partial charge in [0.25, 0.3) is 5.91 Å². The van der Waals surface area contributed by atoms with E-state index in [1.165, 1.54) is 0 Å². The molecule has 25 heavy (non-hydrogen) atoms. The van der Waals surface area contributed by atoms with Crippen molar-refractivity contribution >= 4 is 21.9 Å². The van der Waals surface area contributed by atoms with Crippen molar-refractivity contribution in [3.63, 3.8) is 0 Å². The van der Waals surface area contributed by atoms with Gasteiger partial charge in [-0.25, -0.2) is 8.42 Å². The first-order valence-electron chi connectivity index (χ1n) is 7.22. The molecule has 2 N–H and O–H groups in total. The van der Waals surface area contributed by atoms with E-state index >= 15 is 0 Å². The van der Waals surface area contributed by atoms with Crippen molar-refractivity contribution < 1.29 is 36.3 Å². The van der Waals surface area contributed by atoms with Gasteiger partial charge in [0.1, 0.15) is 12.6 Å². The standard InChI is InChI=1S/C14H15F3N2O5S/c15-14(16,17)8-18-12(20)9-3-5-10(6-4-9)25(23,24)19-7-1-2-11(19)13(21)22/h3-6,11H,1-2,7-8H2,(H,18,20)(H,21,22). The number of sulfonamides is 1. The van der Waals surface area contributed by atoms with Gasteiger partial charge in [0, 0.05) is 12.1 Å². The van der Waals surface area contributed by atoms with Crippen molar-refractivity contribution in [1.29, 1.82) is 0 Å². The van der Waals surface area contributed by atoms with Crippen LogP contribution >= 0.6 is 0 Å². The Labute approximate surface area is 141 Å². The molecule has 1 atom stereocenters. The number of benzene rings is 1. The molecule has 0 spiro atoms. The number of rotatable bonds is 5. The molecule has 1 amide bonds. The molecule has 7 nitrogen and oxygen atoms in total. The molecule has 11 heteroatoms. The highest BCUT2D eigenvalue weighted by Crippen LogP contribution is 2.26. The Kier molecular flexibility index (Phi) is 5.37. The molecule has 0 bridgehead atoms. The average molecular weight is 380 g/mol. The van der Waals surface area contributed by atoms with Crippen LogP contribution in [0, 0.1) is 0 Å². The van der Waals surface area contributed by atoms with Crippen LogP contribution in [0.1, 0.15) is 23.2 Å². The summed E-state index contributed by atoms with van der Waals surface area (Å²) in [7, 11) is -4.07. The van der Waals surface area contributed by atoms with Crippen LogP contribution in [0.4, 0.5) is 13.2 Å². The van der Waals surface area contributed by atoms with E-state index < -0.39 is 40.7 Å². The predicted molar refractivity (Wildman–Crippen MR) is 79.4 cm³/mol. The van der Waals surface area contributed by atoms with Gasteiger partial charge in [-0.1, -0.05) is 0 Å². The molecule has 0 saturated carbocycles. The lowest BCUT2D eigenvalue weighted by Gasteiger charge is -2.21. The molecule has 1 heterocycles. The van der Waals surface area contributed by atoms with Crippen molar-refractivity contribution in [3.05, 3.63) is 29.8 Å². The number of alkyl halides is 3. The number of hydrogen-bond donors (Lipinski definition) is 2. The summed E-state index contributed by atoms with van der Waals surface area (Å²) >= 11 is 0. The fraction of sp³-hybridized carbons (Fsp3) is 0.429. The normalized spacial score (nSPS) is 18.9. The number of hydrogen-bond acceptors (Lipinski definition) is 4. The average Bonchev–Trinajstić information content (AvgIpc) is 3.02. The predicted octanol–water partition coefficient (Wildman–Crippen LogP) is 1.22. The summed E-state index contributed by atoms with van der Waals surface area (Å²) in [5.74, 6) is -2.24. The zero-order chi connectivity index (χ0) is 18.8. The lowest BCUT2D eigenvalue weighted by atomic mass is 10.2. The Morgan fingerprint density at radius 2 is 1.84 bits per heavy atom. The summed E-state index contributed by atoms with van der Waals surface area (Å²) < 4.78 is 62.1. The molecule has 1 saturated heterocycles. The Hall–Kier alpha value is -2.14. The van der Waals surface area contributed by atoms with E-state index in [0.717, 1.165) is 28.6 Å². The Morgan fingerprint density at radius 1 is 1.24 bits per heavy atom. The van der Waals surface area contributed by atoms with E-state index in [4.69, 9.17) is 5.11 Å². The third-order valence-corrected chi connectivity index (χ3v) is 5.58. The third kappa shape index (κ3) is 4.48. The summed E-state index contributed by atoms with van der Waals surface area (Å²) in [6.45, 7) is -1.44. The number of nitrogens with zero attached hydrogens (tertiary/aromatic N) is 1. The molecule has 2 rings (SSSR count). The minimum absolute atomic E-state index is 0.0626. The van der Waals surface area contributed by atoms with Crippen LogP contribution in [0.25, 0.3) is 0 Å². The maximum Gasteiger partial charge on any atom is 0.405 e. The number of carbonyl (C=O) groups is 2. The fourth-order valence-corrected chi connectivity index (χ4v) is 4.12. The molecule has 0 radical (unpaired) electrons. The first-order chi connectivity index (χ1) is 11.5. The smallest absolute Gasteiger partial charge is 0.405 e. The molecule has 1 aliphatic heterocycles. The Bertz CT molecular complexity index is 762. The van der Waals surface area contributed by atoms with Crippen molar-refractivity contribution in [3.8, 4) is 0 Å². The third-order valence-electron chi connectivity index (χ3n) is 3.66. The van der Waals surface area contributed by atoms with Gasteiger partial charge < -0.3 is 10.4 Å². The summed E-state index contributed by atoms with van der Waals surface area (Å²) in [4.78, 5) is 22.5. The van der Waals surface area contributed by atoms with Crippen LogP contribution in [0.3, 0.4) is 0 Å². The number of halogens is 3. The SMILES string of the molecule is O=C(NCC(F)(F)F)c1ccc(S(=O)(=O)N2CCCC2C(=O)O)cc1. The van der Waals surface area contributed by atoms with Crippen LogP contribution in [-0.4, -0.2) is 55.0 Å². The van der Waals surface area contributed by atoms with Crippen molar-refractivity contribution in [1.82, 2.24) is 9.62 Å². The molecule has 1 unspecified atom stereocenters. The number of nitrogens with one attached hydrogen (secondary N) is 1. The zero-order valence-corrected chi connectivity index (χ0v) is 13.6. The van der Waals surface area contributed by atoms with Gasteiger partial charge in [-0.3, -0.25) is 9.59 Å². The number of carbonyl (C=O) groups excluding carboxylic acids is 1. The topological polar surface area (TPSA) is 104 Å².